The Bertz CT molecular complexity index is 2680. The number of halogens is 5. The number of aromatic nitrogens is 1. The number of pyridine rings is 1. The average molecular weight is 911 g/mol. The lowest BCUT2D eigenvalue weighted by atomic mass is 9.49. The average Bonchev–Trinajstić information content (AvgIpc) is 3.61. The van der Waals surface area contributed by atoms with Crippen LogP contribution in [0.5, 0.6) is 11.5 Å². The second kappa shape index (κ2) is 15.2. The van der Waals surface area contributed by atoms with E-state index < -0.39 is 108 Å². The Balaban J connectivity index is 1.32. The molecule has 2 saturated heterocycles. The molecule has 0 spiro atoms. The van der Waals surface area contributed by atoms with Gasteiger partial charge in [-0.1, -0.05) is 47.0 Å². The minimum atomic E-state index is -4.83. The first-order chi connectivity index (χ1) is 29.7. The first kappa shape index (κ1) is 42.9. The van der Waals surface area contributed by atoms with Gasteiger partial charge < -0.3 is 14.7 Å². The highest BCUT2D eigenvalue weighted by Gasteiger charge is 2.71. The normalized spacial score (nSPS) is 24.1. The maximum Gasteiger partial charge on any atom is 0.417 e. The molecule has 8 rings (SSSR count). The quantitative estimate of drug-likeness (QED) is 0.0736. The van der Waals surface area contributed by atoms with E-state index in [4.69, 9.17) is 27.9 Å². The van der Waals surface area contributed by atoms with Crippen molar-refractivity contribution in [2.45, 2.75) is 30.4 Å². The maximum absolute atomic E-state index is 15.4. The first-order valence-corrected chi connectivity index (χ1v) is 19.7. The van der Waals surface area contributed by atoms with Gasteiger partial charge >= 0.3 is 17.6 Å². The summed E-state index contributed by atoms with van der Waals surface area (Å²) in [7, 11) is 4.07. The topological polar surface area (TPSA) is 219 Å². The zero-order valence-electron chi connectivity index (χ0n) is 32.9. The Kier molecular flexibility index (Phi) is 10.4. The number of aromatic hydroxyl groups is 1. The Hall–Kier alpha value is -6.80. The summed E-state index contributed by atoms with van der Waals surface area (Å²) in [5.41, 5.74) is -2.35. The minimum Gasteiger partial charge on any atom is -0.508 e. The van der Waals surface area contributed by atoms with Crippen LogP contribution in [0.25, 0.3) is 0 Å². The van der Waals surface area contributed by atoms with Crippen molar-refractivity contribution in [2.24, 2.45) is 23.7 Å². The van der Waals surface area contributed by atoms with Crippen LogP contribution in [0.4, 0.5) is 41.7 Å². The molecule has 2 aliphatic carbocycles. The van der Waals surface area contributed by atoms with Crippen LogP contribution in [-0.2, 0) is 30.8 Å². The van der Waals surface area contributed by atoms with Crippen LogP contribution in [0.1, 0.15) is 35.4 Å². The Labute approximate surface area is 363 Å². The van der Waals surface area contributed by atoms with Gasteiger partial charge in [-0.25, -0.2) is 9.88 Å². The number of ether oxygens (including phenoxy) is 1. The fourth-order valence-corrected chi connectivity index (χ4v) is 10.1. The number of carbonyl (C=O) groups is 4. The van der Waals surface area contributed by atoms with Crippen molar-refractivity contribution in [2.75, 3.05) is 36.4 Å². The molecule has 4 aromatic rings. The zero-order valence-corrected chi connectivity index (χ0v) is 34.4. The number of rotatable bonds is 9. The van der Waals surface area contributed by atoms with Crippen molar-refractivity contribution in [1.82, 2.24) is 9.99 Å². The van der Waals surface area contributed by atoms with Gasteiger partial charge in [0.15, 0.2) is 11.5 Å². The highest BCUT2D eigenvalue weighted by Crippen LogP contribution is 2.65. The Morgan fingerprint density at radius 2 is 1.59 bits per heavy atom. The van der Waals surface area contributed by atoms with Crippen LogP contribution < -0.4 is 20.0 Å². The van der Waals surface area contributed by atoms with Gasteiger partial charge in [0, 0.05) is 48.9 Å². The summed E-state index contributed by atoms with van der Waals surface area (Å²) in [5, 5.41) is 36.4. The molecule has 4 aliphatic rings. The summed E-state index contributed by atoms with van der Waals surface area (Å²) in [6.07, 6.45) is -3.18. The van der Waals surface area contributed by atoms with E-state index in [2.05, 4.69) is 10.4 Å². The molecule has 326 valence electrons. The lowest BCUT2D eigenvalue weighted by Crippen LogP contribution is -2.53. The lowest BCUT2D eigenvalue weighted by Gasteiger charge is -2.50. The molecule has 17 nitrogen and oxygen atoms in total. The number of phenols is 1. The molecule has 2 N–H and O–H groups in total. The van der Waals surface area contributed by atoms with Crippen LogP contribution in [0.3, 0.4) is 0 Å². The molecule has 0 bridgehead atoms. The number of nitro groups is 2. The molecule has 3 heterocycles. The molecule has 63 heavy (non-hydrogen) atoms. The number of nitrogens with zero attached hydrogens (tertiary/aromatic N) is 6. The van der Waals surface area contributed by atoms with Gasteiger partial charge in [-0.3, -0.25) is 44.8 Å². The predicted octanol–water partition coefficient (Wildman–Crippen LogP) is 7.19. The van der Waals surface area contributed by atoms with Gasteiger partial charge in [-0.2, -0.15) is 18.2 Å². The number of nitrogens with one attached hydrogen (secondary N) is 1. The standard InChI is InChI=1S/C41H32Cl2F3N7O10/c1-49(2)34-29(52(59)60)13-21(14-30(34)53(61)62)50-36(55)24-10-9-23-25(32(24)38(50)57)16-27-37(56)51(48-35-28(43)12-19(17-47-35)41(44,45)46)39(58)40(27,18-4-6-20(42)7-5-18)33(23)26-15-22(63-3)8-11-31(26)54/h4-9,11-15,17,24-25,27,32-33,54H,10,16H2,1-3H3,(H,47,48)/t24-,25+,27-,32-,33+,40+/m0/s1. The van der Waals surface area contributed by atoms with Gasteiger partial charge in [0.25, 0.3) is 11.8 Å². The van der Waals surface area contributed by atoms with E-state index in [9.17, 15) is 52.9 Å². The van der Waals surface area contributed by atoms with E-state index in [0.717, 1.165) is 17.0 Å². The molecule has 4 amide bonds. The maximum atomic E-state index is 15.4. The number of amides is 4. The van der Waals surface area contributed by atoms with E-state index in [1.54, 1.807) is 6.08 Å². The molecule has 22 heteroatoms. The number of hydrazine groups is 1. The zero-order chi connectivity index (χ0) is 45.6. The van der Waals surface area contributed by atoms with Crippen LogP contribution in [-0.4, -0.2) is 69.8 Å². The number of fused-ring (bicyclic) bond motifs is 4. The minimum absolute atomic E-state index is 0.0662. The summed E-state index contributed by atoms with van der Waals surface area (Å²) in [5.74, 6) is -10.5. The number of nitro benzene ring substituents is 2. The highest BCUT2D eigenvalue weighted by molar-refractivity contribution is 6.33. The van der Waals surface area contributed by atoms with Gasteiger partial charge in [0.2, 0.25) is 11.8 Å². The Morgan fingerprint density at radius 3 is 2.16 bits per heavy atom. The van der Waals surface area contributed by atoms with Gasteiger partial charge in [-0.05, 0) is 60.7 Å². The van der Waals surface area contributed by atoms with E-state index in [-0.39, 0.29) is 46.2 Å². The monoisotopic (exact) mass is 909 g/mol. The molecule has 0 unspecified atom stereocenters. The van der Waals surface area contributed by atoms with Crippen LogP contribution in [0.2, 0.25) is 10.0 Å². The van der Waals surface area contributed by atoms with Gasteiger partial charge in [-0.15, -0.1) is 0 Å². The molecule has 3 aromatic carbocycles. The second-order valence-electron chi connectivity index (χ2n) is 15.6. The van der Waals surface area contributed by atoms with Crippen molar-refractivity contribution in [1.29, 1.82) is 0 Å². The number of imide groups is 2. The SMILES string of the molecule is COc1ccc(O)c([C@H]2C3=CC[C@@H]4C(=O)N(c5cc([N+](=O)[O-])c(N(C)C)c([N+](=O)[O-])c5)C(=O)[C@@H]4[C@@H]3C[C@H]3C(=O)N(Nc4ncc(C(F)(F)F)cc4Cl)C(=O)[C@@]23c2ccc(Cl)cc2)c1. The molecular formula is C41H32Cl2F3N7O10. The summed E-state index contributed by atoms with van der Waals surface area (Å²) < 4.78 is 46.2. The third kappa shape index (κ3) is 6.57. The summed E-state index contributed by atoms with van der Waals surface area (Å²) >= 11 is 12.6. The number of alkyl halides is 3. The number of hydrogen-bond acceptors (Lipinski definition) is 13. The number of hydrogen-bond donors (Lipinski definition) is 2. The van der Waals surface area contributed by atoms with Crippen LogP contribution in [0, 0.1) is 43.9 Å². The van der Waals surface area contributed by atoms with Crippen LogP contribution >= 0.6 is 23.2 Å². The van der Waals surface area contributed by atoms with Crippen molar-refractivity contribution < 1.29 is 52.0 Å². The van der Waals surface area contributed by atoms with E-state index in [0.29, 0.717) is 27.7 Å². The number of phenolic OH excluding ortho intramolecular Hbond substituents is 1. The van der Waals surface area contributed by atoms with Crippen molar-refractivity contribution >= 4 is 75.4 Å². The van der Waals surface area contributed by atoms with E-state index >= 15 is 4.79 Å². The fourth-order valence-electron chi connectivity index (χ4n) is 9.73. The summed E-state index contributed by atoms with van der Waals surface area (Å²) in [6, 6.07) is 12.5. The van der Waals surface area contributed by atoms with E-state index in [1.807, 2.05) is 0 Å². The molecule has 2 aliphatic heterocycles. The first-order valence-electron chi connectivity index (χ1n) is 18.9. The number of anilines is 3. The van der Waals surface area contributed by atoms with Gasteiger partial charge in [0.1, 0.15) is 11.5 Å². The second-order valence-corrected chi connectivity index (χ2v) is 16.4. The van der Waals surface area contributed by atoms with Crippen molar-refractivity contribution in [3.05, 3.63) is 125 Å². The summed E-state index contributed by atoms with van der Waals surface area (Å²) in [6.45, 7) is 0. The fraction of sp³-hybridized carbons (Fsp3) is 0.293. The smallest absolute Gasteiger partial charge is 0.417 e. The third-order valence-electron chi connectivity index (χ3n) is 12.3. The van der Waals surface area contributed by atoms with E-state index in [1.165, 1.54) is 63.7 Å². The number of allylic oxidation sites excluding steroid dienone is 2. The third-order valence-corrected chi connectivity index (χ3v) is 12.8. The number of carbonyl (C=O) groups excluding carboxylic acids is 4. The van der Waals surface area contributed by atoms with Crippen molar-refractivity contribution in [3.8, 4) is 11.5 Å². The molecule has 6 atom stereocenters. The highest BCUT2D eigenvalue weighted by atomic mass is 35.5. The molecule has 1 saturated carbocycles. The largest absolute Gasteiger partial charge is 0.508 e. The molecule has 3 fully saturated rings. The Morgan fingerprint density at radius 1 is 0.937 bits per heavy atom. The van der Waals surface area contributed by atoms with Gasteiger partial charge in [0.05, 0.1) is 56.4 Å². The van der Waals surface area contributed by atoms with Crippen LogP contribution in [0.15, 0.2) is 78.5 Å². The molecular weight excluding hydrogens is 878 g/mol. The molecule has 1 aromatic heterocycles. The predicted molar refractivity (Wildman–Crippen MR) is 218 cm³/mol. The molecule has 0 radical (unpaired) electrons. The number of benzene rings is 3. The lowest BCUT2D eigenvalue weighted by molar-refractivity contribution is -0.392. The number of methoxy groups -OCH3 is 1. The summed E-state index contributed by atoms with van der Waals surface area (Å²) in [4.78, 5) is 87.9. The van der Waals surface area contributed by atoms with Crippen molar-refractivity contribution in [3.63, 3.8) is 0 Å².